The van der Waals surface area contributed by atoms with Crippen molar-refractivity contribution in [3.05, 3.63) is 0 Å². The lowest BCUT2D eigenvalue weighted by Gasteiger charge is -2.32. The van der Waals surface area contributed by atoms with Gasteiger partial charge in [0.15, 0.2) is 5.96 Å². The Kier molecular flexibility index (Phi) is 8.62. The summed E-state index contributed by atoms with van der Waals surface area (Å²) in [6.07, 6.45) is 3.84. The Morgan fingerprint density at radius 2 is 2.10 bits per heavy atom. The minimum atomic E-state index is 0.276. The molecule has 1 atom stereocenters. The molecular weight excluding hydrogens is 252 g/mol. The fraction of sp³-hybridized carbons (Fsp3) is 0.933. The first-order chi connectivity index (χ1) is 9.69. The highest BCUT2D eigenvalue weighted by Gasteiger charge is 2.18. The SMILES string of the molecule is CCCN1CCC(CNC(=NC)NC(C)COC)CC1. The number of nitrogens with zero attached hydrogens (tertiary/aromatic N) is 2. The third-order valence-corrected chi connectivity index (χ3v) is 3.83. The van der Waals surface area contributed by atoms with Gasteiger partial charge in [0.25, 0.3) is 0 Å². The lowest BCUT2D eigenvalue weighted by molar-refractivity contribution is 0.177. The second kappa shape index (κ2) is 10.00. The third kappa shape index (κ3) is 6.57. The summed E-state index contributed by atoms with van der Waals surface area (Å²) < 4.78 is 5.13. The highest BCUT2D eigenvalue weighted by atomic mass is 16.5. The maximum Gasteiger partial charge on any atom is 0.191 e. The molecule has 0 saturated carbocycles. The monoisotopic (exact) mass is 284 g/mol. The van der Waals surface area contributed by atoms with Crippen LogP contribution in [0.25, 0.3) is 0 Å². The first-order valence-electron chi connectivity index (χ1n) is 7.88. The molecule has 0 aromatic rings. The second-order valence-electron chi connectivity index (χ2n) is 5.74. The Morgan fingerprint density at radius 1 is 1.40 bits per heavy atom. The fourth-order valence-electron chi connectivity index (χ4n) is 2.69. The average molecular weight is 284 g/mol. The molecule has 1 unspecified atom stereocenters. The molecule has 0 aromatic carbocycles. The summed E-state index contributed by atoms with van der Waals surface area (Å²) in [5.41, 5.74) is 0. The molecule has 1 saturated heterocycles. The summed E-state index contributed by atoms with van der Waals surface area (Å²) in [5.74, 6) is 1.64. The molecule has 0 amide bonds. The van der Waals surface area contributed by atoms with Gasteiger partial charge in [-0.2, -0.15) is 0 Å². The van der Waals surface area contributed by atoms with E-state index in [9.17, 15) is 0 Å². The largest absolute Gasteiger partial charge is 0.383 e. The van der Waals surface area contributed by atoms with E-state index in [1.54, 1.807) is 7.11 Å². The summed E-state index contributed by atoms with van der Waals surface area (Å²) in [7, 11) is 3.54. The molecule has 118 valence electrons. The summed E-state index contributed by atoms with van der Waals surface area (Å²) in [5, 5.41) is 6.78. The van der Waals surface area contributed by atoms with Crippen molar-refractivity contribution in [2.24, 2.45) is 10.9 Å². The number of aliphatic imine (C=N–C) groups is 1. The van der Waals surface area contributed by atoms with E-state index >= 15 is 0 Å². The van der Waals surface area contributed by atoms with Crippen LogP contribution in [0.1, 0.15) is 33.1 Å². The van der Waals surface area contributed by atoms with Crippen LogP contribution >= 0.6 is 0 Å². The van der Waals surface area contributed by atoms with Crippen molar-refractivity contribution in [2.45, 2.75) is 39.2 Å². The van der Waals surface area contributed by atoms with Gasteiger partial charge in [0.05, 0.1) is 6.61 Å². The van der Waals surface area contributed by atoms with Crippen LogP contribution < -0.4 is 10.6 Å². The molecule has 0 bridgehead atoms. The summed E-state index contributed by atoms with van der Waals surface area (Å²) in [6.45, 7) is 9.79. The Bertz CT molecular complexity index is 275. The summed E-state index contributed by atoms with van der Waals surface area (Å²) >= 11 is 0. The number of nitrogens with one attached hydrogen (secondary N) is 2. The topological polar surface area (TPSA) is 48.9 Å². The van der Waals surface area contributed by atoms with Crippen molar-refractivity contribution in [3.8, 4) is 0 Å². The zero-order valence-electron chi connectivity index (χ0n) is 13.6. The molecule has 0 aromatic heterocycles. The van der Waals surface area contributed by atoms with Gasteiger partial charge in [0.2, 0.25) is 0 Å². The first-order valence-corrected chi connectivity index (χ1v) is 7.88. The molecule has 2 N–H and O–H groups in total. The second-order valence-corrected chi connectivity index (χ2v) is 5.74. The van der Waals surface area contributed by atoms with E-state index in [-0.39, 0.29) is 6.04 Å². The molecular formula is C15H32N4O. The minimum absolute atomic E-state index is 0.276. The van der Waals surface area contributed by atoms with Crippen molar-refractivity contribution in [1.82, 2.24) is 15.5 Å². The van der Waals surface area contributed by atoms with Crippen LogP contribution in [-0.2, 0) is 4.74 Å². The maximum absolute atomic E-state index is 5.13. The van der Waals surface area contributed by atoms with E-state index in [4.69, 9.17) is 4.74 Å². The molecule has 5 heteroatoms. The number of hydrogen-bond donors (Lipinski definition) is 2. The van der Waals surface area contributed by atoms with Gasteiger partial charge in [-0.15, -0.1) is 0 Å². The first kappa shape index (κ1) is 17.2. The average Bonchev–Trinajstić information content (AvgIpc) is 2.45. The van der Waals surface area contributed by atoms with Crippen LogP contribution in [0, 0.1) is 5.92 Å². The third-order valence-electron chi connectivity index (χ3n) is 3.83. The van der Waals surface area contributed by atoms with E-state index in [1.807, 2.05) is 7.05 Å². The molecule has 20 heavy (non-hydrogen) atoms. The van der Waals surface area contributed by atoms with Crippen molar-refractivity contribution < 1.29 is 4.74 Å². The molecule has 1 heterocycles. The highest BCUT2D eigenvalue weighted by molar-refractivity contribution is 5.79. The zero-order chi connectivity index (χ0) is 14.8. The fourth-order valence-corrected chi connectivity index (χ4v) is 2.69. The van der Waals surface area contributed by atoms with Crippen LogP contribution in [0.5, 0.6) is 0 Å². The number of guanidine groups is 1. The Labute approximate surface area is 124 Å². The van der Waals surface area contributed by atoms with Gasteiger partial charge < -0.3 is 20.3 Å². The van der Waals surface area contributed by atoms with Crippen molar-refractivity contribution in [2.75, 3.05) is 46.9 Å². The van der Waals surface area contributed by atoms with E-state index in [1.165, 1.54) is 38.9 Å². The van der Waals surface area contributed by atoms with Crippen LogP contribution in [-0.4, -0.2) is 63.8 Å². The molecule has 1 fully saturated rings. The van der Waals surface area contributed by atoms with Gasteiger partial charge in [-0.25, -0.2) is 0 Å². The molecule has 0 radical (unpaired) electrons. The van der Waals surface area contributed by atoms with Crippen LogP contribution in [0.15, 0.2) is 4.99 Å². The van der Waals surface area contributed by atoms with E-state index in [0.717, 1.165) is 18.4 Å². The number of piperidine rings is 1. The lowest BCUT2D eigenvalue weighted by atomic mass is 9.97. The van der Waals surface area contributed by atoms with Crippen LogP contribution in [0.2, 0.25) is 0 Å². The summed E-state index contributed by atoms with van der Waals surface area (Å²) in [4.78, 5) is 6.84. The molecule has 1 aliphatic rings. The highest BCUT2D eigenvalue weighted by Crippen LogP contribution is 2.16. The van der Waals surface area contributed by atoms with Crippen molar-refractivity contribution >= 4 is 5.96 Å². The predicted octanol–water partition coefficient (Wildman–Crippen LogP) is 1.31. The van der Waals surface area contributed by atoms with Gasteiger partial charge >= 0.3 is 0 Å². The Balaban J connectivity index is 2.21. The van der Waals surface area contributed by atoms with Gasteiger partial charge in [0.1, 0.15) is 0 Å². The number of likely N-dealkylation sites (tertiary alicyclic amines) is 1. The quantitative estimate of drug-likeness (QED) is 0.547. The van der Waals surface area contributed by atoms with Crippen molar-refractivity contribution in [1.29, 1.82) is 0 Å². The molecule has 0 aliphatic carbocycles. The van der Waals surface area contributed by atoms with Gasteiger partial charge in [-0.1, -0.05) is 6.92 Å². The van der Waals surface area contributed by atoms with Gasteiger partial charge in [0, 0.05) is 26.7 Å². The standard InChI is InChI=1S/C15H32N4O/c1-5-8-19-9-6-14(7-10-19)11-17-15(16-3)18-13(2)12-20-4/h13-14H,5-12H2,1-4H3,(H2,16,17,18). The molecule has 0 spiro atoms. The summed E-state index contributed by atoms with van der Waals surface area (Å²) in [6, 6.07) is 0.276. The molecule has 1 aliphatic heterocycles. The number of methoxy groups -OCH3 is 1. The van der Waals surface area contributed by atoms with Gasteiger partial charge in [-0.05, 0) is 51.7 Å². The van der Waals surface area contributed by atoms with E-state index in [2.05, 4.69) is 34.4 Å². The molecule has 5 nitrogen and oxygen atoms in total. The normalized spacial score (nSPS) is 19.9. The van der Waals surface area contributed by atoms with Crippen molar-refractivity contribution in [3.63, 3.8) is 0 Å². The number of ether oxygens (including phenoxy) is 1. The van der Waals surface area contributed by atoms with Crippen LogP contribution in [0.3, 0.4) is 0 Å². The van der Waals surface area contributed by atoms with Crippen LogP contribution in [0.4, 0.5) is 0 Å². The zero-order valence-corrected chi connectivity index (χ0v) is 13.6. The molecule has 1 rings (SSSR count). The van der Waals surface area contributed by atoms with E-state index in [0.29, 0.717) is 6.61 Å². The minimum Gasteiger partial charge on any atom is -0.383 e. The lowest BCUT2D eigenvalue weighted by Crippen LogP contribution is -2.46. The smallest absolute Gasteiger partial charge is 0.191 e. The van der Waals surface area contributed by atoms with E-state index < -0.39 is 0 Å². The number of hydrogen-bond acceptors (Lipinski definition) is 3. The maximum atomic E-state index is 5.13. The predicted molar refractivity (Wildman–Crippen MR) is 85.3 cm³/mol. The Hall–Kier alpha value is -0.810. The number of rotatable bonds is 7. The Morgan fingerprint density at radius 3 is 2.65 bits per heavy atom. The van der Waals surface area contributed by atoms with Gasteiger partial charge in [-0.3, -0.25) is 4.99 Å².